The third-order valence-electron chi connectivity index (χ3n) is 10.4. The van der Waals surface area contributed by atoms with E-state index in [2.05, 4.69) is 22.0 Å². The Kier molecular flexibility index (Phi) is 21.8. The first-order valence-corrected chi connectivity index (χ1v) is 21.3. The molecule has 3 N–H and O–H groups in total. The number of rotatable bonds is 26. The Bertz CT molecular complexity index is 1520. The molecule has 0 aliphatic carbocycles. The van der Waals surface area contributed by atoms with Gasteiger partial charge in [-0.05, 0) is 92.9 Å². The second kappa shape index (κ2) is 24.1. The molecule has 6 atom stereocenters. The third kappa shape index (κ3) is 20.7. The minimum absolute atomic E-state index is 0.0849. The zero-order valence-corrected chi connectivity index (χ0v) is 39.5. The summed E-state index contributed by atoms with van der Waals surface area (Å²) in [6.45, 7) is 27.3. The van der Waals surface area contributed by atoms with Gasteiger partial charge in [0.2, 0.25) is 30.1 Å². The lowest BCUT2D eigenvalue weighted by molar-refractivity contribution is -0.321. The van der Waals surface area contributed by atoms with Crippen LogP contribution in [0.4, 0.5) is 0 Å². The lowest BCUT2D eigenvalue weighted by atomic mass is 9.77. The first-order chi connectivity index (χ1) is 27.9. The Morgan fingerprint density at radius 1 is 0.705 bits per heavy atom. The molecule has 0 aromatic carbocycles. The van der Waals surface area contributed by atoms with E-state index in [1.807, 2.05) is 76.2 Å². The number of nitrogens with one attached hydrogen (secondary N) is 3. The van der Waals surface area contributed by atoms with Crippen LogP contribution in [0, 0.1) is 28.1 Å². The van der Waals surface area contributed by atoms with E-state index in [0.717, 1.165) is 20.8 Å². The molecule has 0 aromatic heterocycles. The van der Waals surface area contributed by atoms with Crippen molar-refractivity contribution in [1.29, 1.82) is 5.26 Å². The van der Waals surface area contributed by atoms with Crippen LogP contribution in [0.5, 0.6) is 0 Å². The summed E-state index contributed by atoms with van der Waals surface area (Å²) in [6.07, 6.45) is -1.76. The second-order valence-electron chi connectivity index (χ2n) is 19.1. The summed E-state index contributed by atoms with van der Waals surface area (Å²) < 4.78 is 40.6. The highest BCUT2D eigenvalue weighted by Gasteiger charge is 2.52. The van der Waals surface area contributed by atoms with Crippen LogP contribution in [0.25, 0.3) is 0 Å². The Hall–Kier alpha value is -3.85. The first-order valence-electron chi connectivity index (χ1n) is 21.3. The van der Waals surface area contributed by atoms with Crippen LogP contribution in [0.3, 0.4) is 0 Å². The molecule has 17 heteroatoms. The first kappa shape index (κ1) is 55.2. The molecule has 3 amide bonds. The van der Waals surface area contributed by atoms with Crippen LogP contribution in [0.1, 0.15) is 149 Å². The largest absolute Gasteiger partial charge is 0.456 e. The van der Waals surface area contributed by atoms with Crippen LogP contribution in [0.2, 0.25) is 0 Å². The Labute approximate surface area is 363 Å². The highest BCUT2D eigenvalue weighted by molar-refractivity contribution is 5.81. The van der Waals surface area contributed by atoms with Crippen molar-refractivity contribution in [2.75, 3.05) is 26.3 Å². The SMILES string of the molecule is CC(=O)NC1C(OCCCCCNC(=O)C(C)(C)CC(C)(C)OC(C)(C)COC(C)(C)CCNC(=O)CCC(C)(C#N)C(C)C)OC(OC(C)=O)C(OC(C)=O)C1OC(C)=O. The molecule has 0 radical (unpaired) electrons. The molecule has 1 aliphatic rings. The molecule has 350 valence electrons. The average molecular weight is 869 g/mol. The molecule has 0 bridgehead atoms. The van der Waals surface area contributed by atoms with Gasteiger partial charge in [0.25, 0.3) is 0 Å². The summed E-state index contributed by atoms with van der Waals surface area (Å²) in [5, 5.41) is 18.1. The molecule has 0 saturated carbocycles. The number of esters is 3. The van der Waals surface area contributed by atoms with Crippen molar-refractivity contribution in [1.82, 2.24) is 16.0 Å². The van der Waals surface area contributed by atoms with Crippen molar-refractivity contribution < 1.29 is 61.9 Å². The number of hydrogen-bond acceptors (Lipinski definition) is 14. The zero-order valence-electron chi connectivity index (χ0n) is 39.5. The molecular weight excluding hydrogens is 792 g/mol. The Balaban J connectivity index is 2.65. The highest BCUT2D eigenvalue weighted by Crippen LogP contribution is 2.35. The zero-order chi connectivity index (χ0) is 47.0. The number of hydrogen-bond donors (Lipinski definition) is 3. The number of amides is 3. The van der Waals surface area contributed by atoms with E-state index >= 15 is 0 Å². The van der Waals surface area contributed by atoms with Gasteiger partial charge in [-0.25, -0.2) is 0 Å². The molecule has 1 aliphatic heterocycles. The fraction of sp³-hybridized carbons (Fsp3) is 0.841. The Morgan fingerprint density at radius 3 is 1.84 bits per heavy atom. The predicted octanol–water partition coefficient (Wildman–Crippen LogP) is 5.16. The molecular formula is C44H76N4O13. The molecule has 0 aromatic rings. The predicted molar refractivity (Wildman–Crippen MR) is 225 cm³/mol. The maximum atomic E-state index is 13.4. The molecule has 6 unspecified atom stereocenters. The van der Waals surface area contributed by atoms with Gasteiger partial charge in [0.15, 0.2) is 12.4 Å². The minimum Gasteiger partial charge on any atom is -0.456 e. The fourth-order valence-electron chi connectivity index (χ4n) is 7.12. The molecule has 17 nitrogen and oxygen atoms in total. The summed E-state index contributed by atoms with van der Waals surface area (Å²) in [7, 11) is 0. The third-order valence-corrected chi connectivity index (χ3v) is 10.4. The summed E-state index contributed by atoms with van der Waals surface area (Å²) in [5.74, 6) is -2.77. The van der Waals surface area contributed by atoms with Crippen molar-refractivity contribution in [3.8, 4) is 6.07 Å². The molecule has 61 heavy (non-hydrogen) atoms. The van der Waals surface area contributed by atoms with E-state index in [0.29, 0.717) is 51.6 Å². The maximum absolute atomic E-state index is 13.4. The molecule has 1 rings (SSSR count). The number of nitrogens with zero attached hydrogens (tertiary/aromatic N) is 1. The van der Waals surface area contributed by atoms with Gasteiger partial charge < -0.3 is 49.1 Å². The Morgan fingerprint density at radius 2 is 1.30 bits per heavy atom. The molecule has 0 spiro atoms. The average Bonchev–Trinajstić information content (AvgIpc) is 3.10. The van der Waals surface area contributed by atoms with Crippen molar-refractivity contribution in [3.63, 3.8) is 0 Å². The topological polar surface area (TPSA) is 227 Å². The van der Waals surface area contributed by atoms with Gasteiger partial charge in [-0.2, -0.15) is 5.26 Å². The quantitative estimate of drug-likeness (QED) is 0.0580. The molecule has 1 heterocycles. The van der Waals surface area contributed by atoms with Gasteiger partial charge in [-0.15, -0.1) is 0 Å². The van der Waals surface area contributed by atoms with E-state index in [9.17, 15) is 34.0 Å². The summed E-state index contributed by atoms with van der Waals surface area (Å²) in [4.78, 5) is 73.7. The number of carbonyl (C=O) groups is 6. The minimum atomic E-state index is -1.48. The van der Waals surface area contributed by atoms with Gasteiger partial charge in [0.05, 0.1) is 34.9 Å². The lowest BCUT2D eigenvalue weighted by Gasteiger charge is -2.44. The normalized spacial score (nSPS) is 20.7. The van der Waals surface area contributed by atoms with E-state index in [1.54, 1.807) is 0 Å². The van der Waals surface area contributed by atoms with Crippen LogP contribution >= 0.6 is 0 Å². The van der Waals surface area contributed by atoms with E-state index < -0.39 is 82.3 Å². The van der Waals surface area contributed by atoms with Gasteiger partial charge >= 0.3 is 17.9 Å². The smallest absolute Gasteiger partial charge is 0.305 e. The molecule has 1 saturated heterocycles. The fourth-order valence-corrected chi connectivity index (χ4v) is 7.12. The van der Waals surface area contributed by atoms with Crippen molar-refractivity contribution >= 4 is 35.6 Å². The maximum Gasteiger partial charge on any atom is 0.305 e. The number of ether oxygens (including phenoxy) is 7. The van der Waals surface area contributed by atoms with Gasteiger partial charge in [-0.1, -0.05) is 27.7 Å². The number of nitriles is 1. The van der Waals surface area contributed by atoms with E-state index in [4.69, 9.17) is 33.2 Å². The van der Waals surface area contributed by atoms with Crippen LogP contribution < -0.4 is 16.0 Å². The standard InChI is InChI=1S/C44H76N4O13/c1-28(2)44(15,26-45)20-19-33(53)46-23-21-41(9,10)56-27-43(13,14)61-42(11,12)25-40(7,8)39(54)47-22-17-16-18-24-55-37-34(48-29(3)49)35(57-30(4)50)36(58-31(5)51)38(60-37)59-32(6)52/h28,34-38H,16-25,27H2,1-15H3,(H,46,53)(H,47,54)(H,48,49). The van der Waals surface area contributed by atoms with Crippen molar-refractivity contribution in [2.45, 2.75) is 196 Å². The number of carbonyl (C=O) groups excluding carboxylic acids is 6. The monoisotopic (exact) mass is 869 g/mol. The lowest BCUT2D eigenvalue weighted by Crippen LogP contribution is -2.66. The van der Waals surface area contributed by atoms with E-state index in [1.165, 1.54) is 6.92 Å². The van der Waals surface area contributed by atoms with Crippen LogP contribution in [-0.4, -0.2) is 110 Å². The van der Waals surface area contributed by atoms with Gasteiger partial charge in [-0.3, -0.25) is 28.8 Å². The molecule has 1 fully saturated rings. The van der Waals surface area contributed by atoms with E-state index in [-0.39, 0.29) is 37.4 Å². The van der Waals surface area contributed by atoms with Crippen molar-refractivity contribution in [2.24, 2.45) is 16.7 Å². The van der Waals surface area contributed by atoms with Crippen LogP contribution in [-0.2, 0) is 61.9 Å². The van der Waals surface area contributed by atoms with Gasteiger partial charge in [0.1, 0.15) is 6.04 Å². The van der Waals surface area contributed by atoms with Crippen LogP contribution in [0.15, 0.2) is 0 Å². The van der Waals surface area contributed by atoms with Gasteiger partial charge in [0, 0.05) is 59.2 Å². The number of unbranched alkanes of at least 4 members (excludes halogenated alkanes) is 2. The second-order valence-corrected chi connectivity index (χ2v) is 19.1. The summed E-state index contributed by atoms with van der Waals surface area (Å²) in [6, 6.07) is 1.25. The summed E-state index contributed by atoms with van der Waals surface area (Å²) >= 11 is 0. The summed E-state index contributed by atoms with van der Waals surface area (Å²) in [5.41, 5.74) is -3.22. The highest BCUT2D eigenvalue weighted by atomic mass is 16.8. The van der Waals surface area contributed by atoms with Crippen molar-refractivity contribution in [3.05, 3.63) is 0 Å².